The number of phenols is 1. The number of H-pyrrole nitrogens is 1. The van der Waals surface area contributed by atoms with Crippen molar-refractivity contribution in [3.8, 4) is 5.75 Å². The number of rotatable bonds is 0. The van der Waals surface area contributed by atoms with E-state index in [1.54, 1.807) is 25.1 Å². The first kappa shape index (κ1) is 7.86. The summed E-state index contributed by atoms with van der Waals surface area (Å²) >= 11 is 0. The quantitative estimate of drug-likeness (QED) is 0.638. The van der Waals surface area contributed by atoms with E-state index in [2.05, 4.69) is 4.98 Å². The van der Waals surface area contributed by atoms with E-state index >= 15 is 0 Å². The van der Waals surface area contributed by atoms with Crippen molar-refractivity contribution in [1.82, 2.24) is 4.98 Å². The molecule has 0 aliphatic heterocycles. The van der Waals surface area contributed by atoms with Crippen LogP contribution in [0.15, 0.2) is 29.1 Å². The third kappa shape index (κ3) is 1.18. The van der Waals surface area contributed by atoms with Crippen molar-refractivity contribution in [2.45, 2.75) is 6.92 Å². The van der Waals surface area contributed by atoms with E-state index in [1.807, 2.05) is 0 Å². The van der Waals surface area contributed by atoms with Crippen LogP contribution in [-0.4, -0.2) is 10.1 Å². The summed E-state index contributed by atoms with van der Waals surface area (Å²) in [6.07, 6.45) is 0. The zero-order valence-corrected chi connectivity index (χ0v) is 7.16. The van der Waals surface area contributed by atoms with Crippen LogP contribution in [0.1, 0.15) is 5.69 Å². The Labute approximate surface area is 74.7 Å². The molecule has 2 aromatic rings. The van der Waals surface area contributed by atoms with Gasteiger partial charge in [-0.15, -0.1) is 0 Å². The van der Waals surface area contributed by atoms with Gasteiger partial charge in [-0.3, -0.25) is 4.79 Å². The molecule has 0 fully saturated rings. The van der Waals surface area contributed by atoms with Crippen LogP contribution in [0.2, 0.25) is 0 Å². The SMILES string of the molecule is Cc1cc(=O)c2cccc(O)c2[nH]1. The zero-order valence-electron chi connectivity index (χ0n) is 7.16. The Morgan fingerprint density at radius 2 is 2.15 bits per heavy atom. The Morgan fingerprint density at radius 1 is 1.38 bits per heavy atom. The summed E-state index contributed by atoms with van der Waals surface area (Å²) in [6, 6.07) is 6.41. The van der Waals surface area contributed by atoms with Gasteiger partial charge < -0.3 is 10.1 Å². The maximum Gasteiger partial charge on any atom is 0.189 e. The van der Waals surface area contributed by atoms with Gasteiger partial charge in [0.2, 0.25) is 0 Å². The van der Waals surface area contributed by atoms with Gasteiger partial charge in [0.1, 0.15) is 5.75 Å². The van der Waals surface area contributed by atoms with E-state index in [9.17, 15) is 9.90 Å². The van der Waals surface area contributed by atoms with Gasteiger partial charge in [-0.2, -0.15) is 0 Å². The molecule has 0 unspecified atom stereocenters. The van der Waals surface area contributed by atoms with E-state index < -0.39 is 0 Å². The van der Waals surface area contributed by atoms with Crippen molar-refractivity contribution in [2.24, 2.45) is 0 Å². The largest absolute Gasteiger partial charge is 0.506 e. The summed E-state index contributed by atoms with van der Waals surface area (Å²) in [5.41, 5.74) is 1.19. The Bertz CT molecular complexity index is 514. The molecule has 1 heterocycles. The molecule has 0 bridgehead atoms. The van der Waals surface area contributed by atoms with Gasteiger partial charge in [-0.25, -0.2) is 0 Å². The van der Waals surface area contributed by atoms with Crippen LogP contribution in [0.5, 0.6) is 5.75 Å². The minimum absolute atomic E-state index is 0.0675. The number of hydrogen-bond acceptors (Lipinski definition) is 2. The summed E-state index contributed by atoms with van der Waals surface area (Å²) in [6.45, 7) is 1.78. The molecule has 0 amide bonds. The highest BCUT2D eigenvalue weighted by atomic mass is 16.3. The van der Waals surface area contributed by atoms with Gasteiger partial charge in [0.15, 0.2) is 5.43 Å². The number of aromatic nitrogens is 1. The number of benzene rings is 1. The molecule has 13 heavy (non-hydrogen) atoms. The number of para-hydroxylation sites is 1. The van der Waals surface area contributed by atoms with Gasteiger partial charge in [-0.05, 0) is 19.1 Å². The van der Waals surface area contributed by atoms with E-state index in [1.165, 1.54) is 6.07 Å². The van der Waals surface area contributed by atoms with Crippen LogP contribution >= 0.6 is 0 Å². The van der Waals surface area contributed by atoms with Crippen LogP contribution in [0, 0.1) is 6.92 Å². The second-order valence-corrected chi connectivity index (χ2v) is 3.02. The van der Waals surface area contributed by atoms with Crippen LogP contribution < -0.4 is 5.43 Å². The summed E-state index contributed by atoms with van der Waals surface area (Å²) in [5, 5.41) is 9.97. The molecule has 0 atom stereocenters. The zero-order chi connectivity index (χ0) is 9.42. The molecule has 1 aromatic carbocycles. The number of aromatic amines is 1. The molecule has 3 heteroatoms. The third-order valence-electron chi connectivity index (χ3n) is 1.98. The Hall–Kier alpha value is -1.77. The normalized spacial score (nSPS) is 10.5. The number of pyridine rings is 1. The van der Waals surface area contributed by atoms with Gasteiger partial charge >= 0.3 is 0 Å². The van der Waals surface area contributed by atoms with Gasteiger partial charge in [0.05, 0.1) is 5.52 Å². The van der Waals surface area contributed by atoms with Crippen molar-refractivity contribution >= 4 is 10.9 Å². The number of aryl methyl sites for hydroxylation is 1. The molecule has 0 saturated carbocycles. The van der Waals surface area contributed by atoms with Crippen molar-refractivity contribution in [1.29, 1.82) is 0 Å². The van der Waals surface area contributed by atoms with Crippen LogP contribution in [0.4, 0.5) is 0 Å². The maximum atomic E-state index is 11.4. The Morgan fingerprint density at radius 3 is 2.92 bits per heavy atom. The second-order valence-electron chi connectivity index (χ2n) is 3.02. The minimum Gasteiger partial charge on any atom is -0.506 e. The summed E-state index contributed by atoms with van der Waals surface area (Å²) in [5.74, 6) is 0.110. The first-order chi connectivity index (χ1) is 6.18. The molecule has 0 aliphatic rings. The van der Waals surface area contributed by atoms with Gasteiger partial charge in [0.25, 0.3) is 0 Å². The highest BCUT2D eigenvalue weighted by Crippen LogP contribution is 2.19. The summed E-state index contributed by atoms with van der Waals surface area (Å²) in [4.78, 5) is 14.4. The lowest BCUT2D eigenvalue weighted by molar-refractivity contribution is 0.480. The molecule has 0 radical (unpaired) electrons. The summed E-state index contributed by atoms with van der Waals surface area (Å²) in [7, 11) is 0. The van der Waals surface area contributed by atoms with Crippen molar-refractivity contribution in [3.63, 3.8) is 0 Å². The first-order valence-corrected chi connectivity index (χ1v) is 4.00. The molecule has 0 aliphatic carbocycles. The lowest BCUT2D eigenvalue weighted by Gasteiger charge is -2.01. The van der Waals surface area contributed by atoms with Crippen molar-refractivity contribution < 1.29 is 5.11 Å². The topological polar surface area (TPSA) is 53.1 Å². The molecule has 0 saturated heterocycles. The van der Waals surface area contributed by atoms with E-state index in [0.717, 1.165) is 5.69 Å². The van der Waals surface area contributed by atoms with Crippen LogP contribution in [0.25, 0.3) is 10.9 Å². The van der Waals surface area contributed by atoms with Gasteiger partial charge in [0, 0.05) is 17.1 Å². The molecule has 2 N–H and O–H groups in total. The number of aromatic hydroxyl groups is 1. The Kier molecular flexibility index (Phi) is 1.59. The smallest absolute Gasteiger partial charge is 0.189 e. The second kappa shape index (κ2) is 2.62. The van der Waals surface area contributed by atoms with E-state index in [4.69, 9.17) is 0 Å². The number of fused-ring (bicyclic) bond motifs is 1. The van der Waals surface area contributed by atoms with Crippen molar-refractivity contribution in [2.75, 3.05) is 0 Å². The average molecular weight is 175 g/mol. The van der Waals surface area contributed by atoms with Crippen molar-refractivity contribution in [3.05, 3.63) is 40.2 Å². The average Bonchev–Trinajstić information content (AvgIpc) is 2.07. The number of hydrogen-bond donors (Lipinski definition) is 2. The fraction of sp³-hybridized carbons (Fsp3) is 0.100. The third-order valence-corrected chi connectivity index (χ3v) is 1.98. The highest BCUT2D eigenvalue weighted by Gasteiger charge is 2.02. The molecular formula is C10H9NO2. The van der Waals surface area contributed by atoms with E-state index in [0.29, 0.717) is 10.9 Å². The Balaban J connectivity index is 3.03. The predicted octanol–water partition coefficient (Wildman–Crippen LogP) is 1.54. The van der Waals surface area contributed by atoms with Gasteiger partial charge in [-0.1, -0.05) is 6.07 Å². The number of phenolic OH excluding ortho intramolecular Hbond substituents is 1. The maximum absolute atomic E-state index is 11.4. The molecular weight excluding hydrogens is 166 g/mol. The van der Waals surface area contributed by atoms with E-state index in [-0.39, 0.29) is 11.2 Å². The lowest BCUT2D eigenvalue weighted by Crippen LogP contribution is -2.02. The van der Waals surface area contributed by atoms with Crippen LogP contribution in [0.3, 0.4) is 0 Å². The fourth-order valence-electron chi connectivity index (χ4n) is 1.38. The highest BCUT2D eigenvalue weighted by molar-refractivity contribution is 5.83. The summed E-state index contributed by atoms with van der Waals surface area (Å²) < 4.78 is 0. The molecule has 66 valence electrons. The molecule has 2 rings (SSSR count). The predicted molar refractivity (Wildman–Crippen MR) is 51.0 cm³/mol. The minimum atomic E-state index is -0.0675. The molecule has 0 spiro atoms. The first-order valence-electron chi connectivity index (χ1n) is 4.00. The fourth-order valence-corrected chi connectivity index (χ4v) is 1.38. The molecule has 3 nitrogen and oxygen atoms in total. The number of nitrogens with one attached hydrogen (secondary N) is 1. The molecule has 1 aromatic heterocycles. The monoisotopic (exact) mass is 175 g/mol. The standard InChI is InChI=1S/C10H9NO2/c1-6-5-9(13)7-3-2-4-8(12)10(7)11-6/h2-5,12H,1H3,(H,11,13). The lowest BCUT2D eigenvalue weighted by atomic mass is 10.2. The van der Waals surface area contributed by atoms with Crippen LogP contribution in [-0.2, 0) is 0 Å².